The highest BCUT2D eigenvalue weighted by Crippen LogP contribution is 2.29. The van der Waals surface area contributed by atoms with Crippen molar-refractivity contribution in [3.63, 3.8) is 0 Å². The Morgan fingerprint density at radius 3 is 2.70 bits per heavy atom. The molecule has 3 nitrogen and oxygen atoms in total. The van der Waals surface area contributed by atoms with E-state index in [-0.39, 0.29) is 5.56 Å². The molecule has 7 heteroatoms. The molecule has 0 saturated heterocycles. The summed E-state index contributed by atoms with van der Waals surface area (Å²) in [5, 5.41) is 5.55. The van der Waals surface area contributed by atoms with E-state index in [1.54, 1.807) is 6.92 Å². The number of halogens is 3. The van der Waals surface area contributed by atoms with Gasteiger partial charge < -0.3 is 4.84 Å². The van der Waals surface area contributed by atoms with Gasteiger partial charge in [-0.25, -0.2) is 4.79 Å². The topological polar surface area (TPSA) is 38.7 Å². The van der Waals surface area contributed by atoms with Crippen LogP contribution in [-0.2, 0) is 15.8 Å². The van der Waals surface area contributed by atoms with Gasteiger partial charge in [-0.3, -0.25) is 0 Å². The van der Waals surface area contributed by atoms with Gasteiger partial charge in [-0.05, 0) is 42.1 Å². The second kappa shape index (κ2) is 7.23. The molecule has 23 heavy (non-hydrogen) atoms. The van der Waals surface area contributed by atoms with Gasteiger partial charge in [-0.15, -0.1) is 11.3 Å². The molecule has 0 bridgehead atoms. The van der Waals surface area contributed by atoms with Gasteiger partial charge in [0.1, 0.15) is 0 Å². The van der Waals surface area contributed by atoms with Gasteiger partial charge in [0, 0.05) is 6.08 Å². The van der Waals surface area contributed by atoms with Gasteiger partial charge >= 0.3 is 12.1 Å². The second-order valence-corrected chi connectivity index (χ2v) is 5.47. The standard InChI is InChI=1S/C16H12F3NO2S/c1-11(14-6-3-9-23-14)20-22-15(21)8-7-12-4-2-5-13(10-12)16(17,18)19/h2-10H,1H3/b8-7+,20-11-. The molecule has 1 aromatic heterocycles. The van der Waals surface area contributed by atoms with Crippen molar-refractivity contribution in [3.05, 3.63) is 63.9 Å². The molecule has 0 atom stereocenters. The molecule has 2 aromatic rings. The third-order valence-corrected chi connectivity index (χ3v) is 3.75. The van der Waals surface area contributed by atoms with Crippen molar-refractivity contribution in [3.8, 4) is 0 Å². The number of thiophene rings is 1. The molecule has 120 valence electrons. The van der Waals surface area contributed by atoms with E-state index in [2.05, 4.69) is 5.16 Å². The molecule has 0 amide bonds. The third-order valence-electron chi connectivity index (χ3n) is 2.78. The number of benzene rings is 1. The molecule has 0 spiro atoms. The van der Waals surface area contributed by atoms with Crippen LogP contribution in [0.15, 0.2) is 53.0 Å². The summed E-state index contributed by atoms with van der Waals surface area (Å²) in [5.74, 6) is -0.765. The van der Waals surface area contributed by atoms with Crippen molar-refractivity contribution >= 4 is 29.1 Å². The van der Waals surface area contributed by atoms with Crippen LogP contribution in [0.4, 0.5) is 13.2 Å². The van der Waals surface area contributed by atoms with Crippen molar-refractivity contribution in [2.45, 2.75) is 13.1 Å². The van der Waals surface area contributed by atoms with Crippen LogP contribution in [0.2, 0.25) is 0 Å². The van der Waals surface area contributed by atoms with Crippen LogP contribution in [0.25, 0.3) is 6.08 Å². The van der Waals surface area contributed by atoms with Crippen LogP contribution in [-0.4, -0.2) is 11.7 Å². The number of alkyl halides is 3. The number of carbonyl (C=O) groups excluding carboxylic acids is 1. The van der Waals surface area contributed by atoms with Crippen LogP contribution in [0.1, 0.15) is 22.9 Å². The lowest BCUT2D eigenvalue weighted by atomic mass is 10.1. The molecule has 0 fully saturated rings. The summed E-state index contributed by atoms with van der Waals surface area (Å²) < 4.78 is 37.7. The highest BCUT2D eigenvalue weighted by atomic mass is 32.1. The first-order chi connectivity index (χ1) is 10.9. The summed E-state index contributed by atoms with van der Waals surface area (Å²) >= 11 is 1.45. The lowest BCUT2D eigenvalue weighted by Crippen LogP contribution is -2.04. The molecule has 0 unspecified atom stereocenters. The maximum absolute atomic E-state index is 12.6. The summed E-state index contributed by atoms with van der Waals surface area (Å²) in [7, 11) is 0. The highest BCUT2D eigenvalue weighted by molar-refractivity contribution is 7.12. The SMILES string of the molecule is C/C(=N/OC(=O)/C=C/c1cccc(C(F)(F)F)c1)c1cccs1. The molecule has 1 heterocycles. The molecule has 0 N–H and O–H groups in total. The van der Waals surface area contributed by atoms with Gasteiger partial charge in [0.15, 0.2) is 0 Å². The van der Waals surface area contributed by atoms with Crippen LogP contribution < -0.4 is 0 Å². The van der Waals surface area contributed by atoms with E-state index in [9.17, 15) is 18.0 Å². The summed E-state index contributed by atoms with van der Waals surface area (Å²) in [6.45, 7) is 1.69. The Bertz CT molecular complexity index is 734. The van der Waals surface area contributed by atoms with Gasteiger partial charge in [0.2, 0.25) is 0 Å². The van der Waals surface area contributed by atoms with Gasteiger partial charge in [0.05, 0.1) is 16.2 Å². The van der Waals surface area contributed by atoms with Gasteiger partial charge in [-0.2, -0.15) is 13.2 Å². The van der Waals surface area contributed by atoms with Crippen LogP contribution in [0.3, 0.4) is 0 Å². The molecule has 0 aliphatic carbocycles. The fraction of sp³-hybridized carbons (Fsp3) is 0.125. The van der Waals surface area contributed by atoms with E-state index in [1.807, 2.05) is 17.5 Å². The third kappa shape index (κ3) is 5.07. The van der Waals surface area contributed by atoms with Crippen molar-refractivity contribution in [2.75, 3.05) is 0 Å². The largest absolute Gasteiger partial charge is 0.416 e. The fourth-order valence-corrected chi connectivity index (χ4v) is 2.32. The number of hydrogen-bond donors (Lipinski definition) is 0. The zero-order valence-electron chi connectivity index (χ0n) is 12.0. The zero-order valence-corrected chi connectivity index (χ0v) is 12.8. The highest BCUT2D eigenvalue weighted by Gasteiger charge is 2.30. The Balaban J connectivity index is 2.00. The van der Waals surface area contributed by atoms with E-state index < -0.39 is 17.7 Å². The van der Waals surface area contributed by atoms with Crippen molar-refractivity contribution in [1.82, 2.24) is 0 Å². The Morgan fingerprint density at radius 2 is 2.04 bits per heavy atom. The van der Waals surface area contributed by atoms with E-state index in [0.717, 1.165) is 23.1 Å². The van der Waals surface area contributed by atoms with Crippen LogP contribution >= 0.6 is 11.3 Å². The summed E-state index contributed by atoms with van der Waals surface area (Å²) in [5.41, 5.74) is 0.0103. The Labute approximate surface area is 134 Å². The first kappa shape index (κ1) is 17.0. The lowest BCUT2D eigenvalue weighted by molar-refractivity contribution is -0.138. The number of hydrogen-bond acceptors (Lipinski definition) is 4. The predicted molar refractivity (Wildman–Crippen MR) is 83.1 cm³/mol. The van der Waals surface area contributed by atoms with Crippen LogP contribution in [0, 0.1) is 0 Å². The average molecular weight is 339 g/mol. The quantitative estimate of drug-likeness (QED) is 0.349. The lowest BCUT2D eigenvalue weighted by Gasteiger charge is -2.06. The number of oxime groups is 1. The Hall–Kier alpha value is -2.41. The van der Waals surface area contributed by atoms with E-state index in [0.29, 0.717) is 5.71 Å². The van der Waals surface area contributed by atoms with Crippen molar-refractivity contribution in [2.24, 2.45) is 5.16 Å². The molecule has 0 saturated carbocycles. The van der Waals surface area contributed by atoms with E-state index >= 15 is 0 Å². The van der Waals surface area contributed by atoms with Crippen molar-refractivity contribution < 1.29 is 22.8 Å². The fourth-order valence-electron chi connectivity index (χ4n) is 1.66. The van der Waals surface area contributed by atoms with E-state index in [1.165, 1.54) is 29.5 Å². The Morgan fingerprint density at radius 1 is 1.26 bits per heavy atom. The number of carbonyl (C=O) groups is 1. The minimum atomic E-state index is -4.42. The number of nitrogens with zero attached hydrogens (tertiary/aromatic N) is 1. The molecular formula is C16H12F3NO2S. The molecule has 2 rings (SSSR count). The Kier molecular flexibility index (Phi) is 5.33. The maximum atomic E-state index is 12.6. The minimum absolute atomic E-state index is 0.246. The van der Waals surface area contributed by atoms with Gasteiger partial charge in [0.25, 0.3) is 0 Å². The smallest absolute Gasteiger partial charge is 0.313 e. The summed E-state index contributed by atoms with van der Waals surface area (Å²) in [6, 6.07) is 8.31. The van der Waals surface area contributed by atoms with Gasteiger partial charge in [-0.1, -0.05) is 23.4 Å². The molecule has 1 aromatic carbocycles. The maximum Gasteiger partial charge on any atom is 0.416 e. The van der Waals surface area contributed by atoms with Crippen LogP contribution in [0.5, 0.6) is 0 Å². The molecular weight excluding hydrogens is 327 g/mol. The van der Waals surface area contributed by atoms with Crippen molar-refractivity contribution in [1.29, 1.82) is 0 Å². The molecule has 0 aliphatic rings. The summed E-state index contributed by atoms with van der Waals surface area (Å²) in [4.78, 5) is 17.1. The first-order valence-corrected chi connectivity index (χ1v) is 7.39. The summed E-state index contributed by atoms with van der Waals surface area (Å²) in [6.07, 6.45) is -2.15. The predicted octanol–water partition coefficient (Wildman–Crippen LogP) is 4.75. The van der Waals surface area contributed by atoms with E-state index in [4.69, 9.17) is 4.84 Å². The second-order valence-electron chi connectivity index (χ2n) is 4.52. The molecule has 0 radical (unpaired) electrons. The number of rotatable bonds is 4. The average Bonchev–Trinajstić information content (AvgIpc) is 3.04. The normalized spacial score (nSPS) is 12.6. The monoisotopic (exact) mass is 339 g/mol. The minimum Gasteiger partial charge on any atom is -0.313 e. The molecule has 0 aliphatic heterocycles. The zero-order chi connectivity index (χ0) is 16.9. The first-order valence-electron chi connectivity index (χ1n) is 6.51.